The van der Waals surface area contributed by atoms with E-state index in [1.807, 2.05) is 0 Å². The van der Waals surface area contributed by atoms with Crippen LogP contribution in [0.5, 0.6) is 0 Å². The van der Waals surface area contributed by atoms with Gasteiger partial charge in [-0.25, -0.2) is 4.79 Å². The molecule has 0 bridgehead atoms. The molecule has 0 aromatic rings. The number of nitrogens with two attached hydrogens (primary N) is 5. The highest BCUT2D eigenvalue weighted by Gasteiger charge is 2.33. The lowest BCUT2D eigenvalue weighted by molar-refractivity contribution is -0.145. The summed E-state index contributed by atoms with van der Waals surface area (Å²) in [4.78, 5) is 57.9. The fourth-order valence-electron chi connectivity index (χ4n) is 3.29. The van der Waals surface area contributed by atoms with E-state index in [0.717, 1.165) is 0 Å². The van der Waals surface area contributed by atoms with Crippen LogP contribution in [0.2, 0.25) is 0 Å². The van der Waals surface area contributed by atoms with Crippen molar-refractivity contribution in [2.24, 2.45) is 44.6 Å². The van der Waals surface area contributed by atoms with Crippen LogP contribution in [-0.4, -0.2) is 89.2 Å². The number of carbonyl (C=O) groups is 4. The van der Waals surface area contributed by atoms with E-state index in [4.69, 9.17) is 28.7 Å². The average molecular weight is 545 g/mol. The van der Waals surface area contributed by atoms with Gasteiger partial charge in [-0.3, -0.25) is 24.4 Å². The third kappa shape index (κ3) is 13.6. The number of guanidine groups is 2. The molecular weight excluding hydrogens is 500 g/mol. The second-order valence-electron chi connectivity index (χ2n) is 9.00. The number of hydrogen-bond donors (Lipinski definition) is 10. The molecule has 0 spiro atoms. The highest BCUT2D eigenvalue weighted by Crippen LogP contribution is 2.11. The van der Waals surface area contributed by atoms with Gasteiger partial charge in [0.15, 0.2) is 18.0 Å². The normalized spacial score (nSPS) is 15.5. The first-order valence-electron chi connectivity index (χ1n) is 12.4. The summed E-state index contributed by atoms with van der Waals surface area (Å²) in [6, 6.07) is -4.75. The largest absolute Gasteiger partial charge is 0.480 e. The van der Waals surface area contributed by atoms with Gasteiger partial charge in [-0.2, -0.15) is 0 Å². The molecule has 0 saturated heterocycles. The molecule has 0 rings (SSSR count). The summed E-state index contributed by atoms with van der Waals surface area (Å²) in [5.74, 6) is -4.11. The van der Waals surface area contributed by atoms with Crippen LogP contribution < -0.4 is 44.6 Å². The van der Waals surface area contributed by atoms with Crippen molar-refractivity contribution in [1.82, 2.24) is 16.0 Å². The van der Waals surface area contributed by atoms with Crippen LogP contribution in [0.3, 0.4) is 0 Å². The zero-order valence-corrected chi connectivity index (χ0v) is 22.2. The summed E-state index contributed by atoms with van der Waals surface area (Å²) in [5.41, 5.74) is 27.2. The molecule has 0 saturated carbocycles. The lowest BCUT2D eigenvalue weighted by Crippen LogP contribution is -2.59. The molecule has 0 aliphatic rings. The number of carboxylic acid groups (broad SMARTS) is 1. The van der Waals surface area contributed by atoms with Crippen molar-refractivity contribution in [1.29, 1.82) is 0 Å². The number of nitrogens with zero attached hydrogens (tertiary/aromatic N) is 2. The lowest BCUT2D eigenvalue weighted by Gasteiger charge is -2.28. The number of nitrogens with one attached hydrogen (secondary N) is 3. The van der Waals surface area contributed by atoms with E-state index in [-0.39, 0.29) is 37.9 Å². The molecule has 0 aliphatic carbocycles. The molecular formula is C22H44N10O6. The Morgan fingerprint density at radius 2 is 1.29 bits per heavy atom. The zero-order chi connectivity index (χ0) is 29.4. The number of aliphatic hydroxyl groups excluding tert-OH is 1. The standard InChI is InChI=1S/C22H44N10O6/c1-4-11(2)15(19(36)32-16(12(3)33)20(37)38)31-18(35)14(8-6-10-29-22(26)27)30-17(34)13(23)7-5-9-28-21(24)25/h11-16,33H,4-10,23H2,1-3H3,(H,30,34)(H,31,35)(H,32,36)(H,37,38)(H4,24,25,28)(H4,26,27,29). The summed E-state index contributed by atoms with van der Waals surface area (Å²) >= 11 is 0. The van der Waals surface area contributed by atoms with Gasteiger partial charge in [-0.05, 0) is 38.5 Å². The Morgan fingerprint density at radius 1 is 0.789 bits per heavy atom. The highest BCUT2D eigenvalue weighted by molar-refractivity contribution is 5.94. The monoisotopic (exact) mass is 544 g/mol. The fourth-order valence-corrected chi connectivity index (χ4v) is 3.29. The zero-order valence-electron chi connectivity index (χ0n) is 22.2. The van der Waals surface area contributed by atoms with E-state index in [1.54, 1.807) is 13.8 Å². The SMILES string of the molecule is CCC(C)C(NC(=O)C(CCCN=C(N)N)NC(=O)C(N)CCCN=C(N)N)C(=O)NC(C(=O)O)C(C)O. The number of carboxylic acids is 1. The summed E-state index contributed by atoms with van der Waals surface area (Å²) in [6.07, 6.45) is 0.208. The second-order valence-corrected chi connectivity index (χ2v) is 9.00. The molecule has 0 aliphatic heterocycles. The van der Waals surface area contributed by atoms with Crippen LogP contribution in [-0.2, 0) is 19.2 Å². The quantitative estimate of drug-likeness (QED) is 0.0456. The van der Waals surface area contributed by atoms with Gasteiger partial charge in [0.1, 0.15) is 12.1 Å². The van der Waals surface area contributed by atoms with Crippen molar-refractivity contribution in [2.75, 3.05) is 13.1 Å². The maximum atomic E-state index is 13.2. The molecule has 6 atom stereocenters. The number of carbonyl (C=O) groups excluding carboxylic acids is 3. The van der Waals surface area contributed by atoms with E-state index in [1.165, 1.54) is 6.92 Å². The van der Waals surface area contributed by atoms with Crippen LogP contribution in [0.15, 0.2) is 9.98 Å². The lowest BCUT2D eigenvalue weighted by atomic mass is 9.96. The Labute approximate surface area is 222 Å². The minimum Gasteiger partial charge on any atom is -0.480 e. The Hall–Kier alpha value is -3.66. The van der Waals surface area contributed by atoms with Crippen molar-refractivity contribution in [3.63, 3.8) is 0 Å². The van der Waals surface area contributed by atoms with Crippen LogP contribution in [0.1, 0.15) is 52.9 Å². The minimum atomic E-state index is -1.57. The van der Waals surface area contributed by atoms with E-state index >= 15 is 0 Å². The smallest absolute Gasteiger partial charge is 0.328 e. The van der Waals surface area contributed by atoms with Gasteiger partial charge in [0.25, 0.3) is 0 Å². The van der Waals surface area contributed by atoms with E-state index in [2.05, 4.69) is 25.9 Å². The van der Waals surface area contributed by atoms with Crippen LogP contribution in [0.4, 0.5) is 0 Å². The first-order valence-corrected chi connectivity index (χ1v) is 12.4. The predicted molar refractivity (Wildman–Crippen MR) is 142 cm³/mol. The molecule has 6 unspecified atom stereocenters. The molecule has 0 aromatic heterocycles. The summed E-state index contributed by atoms with van der Waals surface area (Å²) in [5, 5.41) is 26.4. The number of aliphatic carboxylic acids is 1. The number of hydrogen-bond acceptors (Lipinski definition) is 8. The van der Waals surface area contributed by atoms with Crippen LogP contribution >= 0.6 is 0 Å². The van der Waals surface area contributed by atoms with Crippen molar-refractivity contribution in [3.8, 4) is 0 Å². The third-order valence-electron chi connectivity index (χ3n) is 5.72. The number of aliphatic hydroxyl groups is 1. The summed E-state index contributed by atoms with van der Waals surface area (Å²) in [7, 11) is 0. The average Bonchev–Trinajstić information content (AvgIpc) is 2.83. The Kier molecular flexibility index (Phi) is 16.0. The molecule has 0 radical (unpaired) electrons. The summed E-state index contributed by atoms with van der Waals surface area (Å²) in [6.45, 7) is 5.17. The molecule has 0 aromatic carbocycles. The van der Waals surface area contributed by atoms with Gasteiger partial charge < -0.3 is 54.8 Å². The Bertz CT molecular complexity index is 842. The molecule has 38 heavy (non-hydrogen) atoms. The Morgan fingerprint density at radius 3 is 1.74 bits per heavy atom. The predicted octanol–water partition coefficient (Wildman–Crippen LogP) is -3.61. The van der Waals surface area contributed by atoms with Gasteiger partial charge in [-0.1, -0.05) is 20.3 Å². The van der Waals surface area contributed by atoms with Crippen LogP contribution in [0, 0.1) is 5.92 Å². The van der Waals surface area contributed by atoms with Gasteiger partial charge >= 0.3 is 5.97 Å². The van der Waals surface area contributed by atoms with Crippen molar-refractivity contribution in [2.45, 2.75) is 83.1 Å². The maximum Gasteiger partial charge on any atom is 0.328 e. The first kappa shape index (κ1) is 34.3. The number of aliphatic imine (C=N–C) groups is 2. The highest BCUT2D eigenvalue weighted by atomic mass is 16.4. The first-order chi connectivity index (χ1) is 17.7. The molecule has 0 heterocycles. The van der Waals surface area contributed by atoms with E-state index in [0.29, 0.717) is 19.3 Å². The van der Waals surface area contributed by atoms with Gasteiger partial charge in [0.2, 0.25) is 17.7 Å². The minimum absolute atomic E-state index is 0.0800. The van der Waals surface area contributed by atoms with Crippen molar-refractivity contribution in [3.05, 3.63) is 0 Å². The van der Waals surface area contributed by atoms with Crippen molar-refractivity contribution >= 4 is 35.6 Å². The maximum absolute atomic E-state index is 13.2. The Balaban J connectivity index is 5.60. The molecule has 218 valence electrons. The summed E-state index contributed by atoms with van der Waals surface area (Å²) < 4.78 is 0. The molecule has 16 nitrogen and oxygen atoms in total. The van der Waals surface area contributed by atoms with Gasteiger partial charge in [0, 0.05) is 13.1 Å². The van der Waals surface area contributed by atoms with Gasteiger partial charge in [-0.15, -0.1) is 0 Å². The topological polar surface area (TPSA) is 300 Å². The fraction of sp³-hybridized carbons (Fsp3) is 0.727. The van der Waals surface area contributed by atoms with E-state index < -0.39 is 59.9 Å². The molecule has 16 heteroatoms. The number of amides is 3. The molecule has 15 N–H and O–H groups in total. The number of rotatable bonds is 18. The van der Waals surface area contributed by atoms with Crippen LogP contribution in [0.25, 0.3) is 0 Å². The second kappa shape index (κ2) is 17.7. The van der Waals surface area contributed by atoms with Gasteiger partial charge in [0.05, 0.1) is 12.1 Å². The van der Waals surface area contributed by atoms with Crippen molar-refractivity contribution < 1.29 is 29.4 Å². The van der Waals surface area contributed by atoms with E-state index in [9.17, 15) is 29.4 Å². The molecule has 3 amide bonds. The molecule has 0 fully saturated rings. The third-order valence-corrected chi connectivity index (χ3v) is 5.72.